The third kappa shape index (κ3) is 3.22. The summed E-state index contributed by atoms with van der Waals surface area (Å²) in [6.07, 6.45) is 2.84. The Bertz CT molecular complexity index is 935. The normalized spacial score (nSPS) is 14.1. The first-order chi connectivity index (χ1) is 12.6. The van der Waals surface area contributed by atoms with Crippen molar-refractivity contribution < 1.29 is 9.13 Å². The maximum Gasteiger partial charge on any atom is 0.125 e. The molecule has 5 heteroatoms. The van der Waals surface area contributed by atoms with E-state index in [2.05, 4.69) is 35.5 Å². The Hall–Kier alpha value is -2.66. The summed E-state index contributed by atoms with van der Waals surface area (Å²) >= 11 is 0. The van der Waals surface area contributed by atoms with Crippen LogP contribution in [0.3, 0.4) is 0 Å². The molecule has 3 aromatic rings. The van der Waals surface area contributed by atoms with Gasteiger partial charge in [-0.05, 0) is 49.2 Å². The van der Waals surface area contributed by atoms with Gasteiger partial charge in [0.05, 0.1) is 18.5 Å². The fourth-order valence-corrected chi connectivity index (χ4v) is 3.45. The van der Waals surface area contributed by atoms with Crippen molar-refractivity contribution in [3.8, 4) is 11.4 Å². The highest BCUT2D eigenvalue weighted by Gasteiger charge is 2.16. The van der Waals surface area contributed by atoms with Crippen molar-refractivity contribution in [1.29, 1.82) is 0 Å². The minimum atomic E-state index is -0.259. The van der Waals surface area contributed by atoms with Gasteiger partial charge in [0.15, 0.2) is 0 Å². The summed E-state index contributed by atoms with van der Waals surface area (Å²) < 4.78 is 20.8. The summed E-state index contributed by atoms with van der Waals surface area (Å²) in [5, 5.41) is 8.00. The Kier molecular flexibility index (Phi) is 4.47. The molecule has 134 valence electrons. The van der Waals surface area contributed by atoms with Crippen molar-refractivity contribution in [3.63, 3.8) is 0 Å². The van der Waals surface area contributed by atoms with Crippen LogP contribution in [0.25, 0.3) is 5.69 Å². The molecular formula is C21H22FN3O. The maximum atomic E-state index is 13.5. The second-order valence-corrected chi connectivity index (χ2v) is 6.72. The molecule has 4 rings (SSSR count). The van der Waals surface area contributed by atoms with E-state index in [0.717, 1.165) is 42.3 Å². The average molecular weight is 351 g/mol. The molecule has 0 saturated carbocycles. The van der Waals surface area contributed by atoms with E-state index in [1.807, 2.05) is 19.2 Å². The molecule has 2 heterocycles. The van der Waals surface area contributed by atoms with Gasteiger partial charge < -0.3 is 10.1 Å². The zero-order chi connectivity index (χ0) is 18.1. The van der Waals surface area contributed by atoms with E-state index >= 15 is 0 Å². The number of benzene rings is 2. The molecule has 2 aromatic carbocycles. The molecule has 0 bridgehead atoms. The Labute approximate surface area is 152 Å². The highest BCUT2D eigenvalue weighted by atomic mass is 19.1. The molecule has 1 atom stereocenters. The SMILES string of the molecule is Cc1c(C(C)NCc2ccc3c(c2)CCO3)cnn1-c1cccc(F)c1. The van der Waals surface area contributed by atoms with Gasteiger partial charge in [-0.15, -0.1) is 0 Å². The number of hydrogen-bond acceptors (Lipinski definition) is 3. The van der Waals surface area contributed by atoms with Crippen LogP contribution in [0.5, 0.6) is 5.75 Å². The van der Waals surface area contributed by atoms with Crippen LogP contribution in [-0.4, -0.2) is 16.4 Å². The largest absolute Gasteiger partial charge is 0.493 e. The van der Waals surface area contributed by atoms with E-state index < -0.39 is 0 Å². The number of hydrogen-bond donors (Lipinski definition) is 1. The van der Waals surface area contributed by atoms with E-state index in [1.54, 1.807) is 10.7 Å². The van der Waals surface area contributed by atoms with Gasteiger partial charge in [0.1, 0.15) is 11.6 Å². The zero-order valence-corrected chi connectivity index (χ0v) is 15.0. The first-order valence-electron chi connectivity index (χ1n) is 8.90. The van der Waals surface area contributed by atoms with Crippen molar-refractivity contribution in [1.82, 2.24) is 15.1 Å². The van der Waals surface area contributed by atoms with E-state index in [0.29, 0.717) is 0 Å². The molecule has 0 saturated heterocycles. The number of fused-ring (bicyclic) bond motifs is 1. The maximum absolute atomic E-state index is 13.5. The topological polar surface area (TPSA) is 39.1 Å². The van der Waals surface area contributed by atoms with E-state index in [-0.39, 0.29) is 11.9 Å². The molecular weight excluding hydrogens is 329 g/mol. The highest BCUT2D eigenvalue weighted by Crippen LogP contribution is 2.26. The molecule has 0 radical (unpaired) electrons. The van der Waals surface area contributed by atoms with E-state index in [1.165, 1.54) is 23.3 Å². The third-order valence-electron chi connectivity index (χ3n) is 4.93. The second kappa shape index (κ2) is 6.92. The van der Waals surface area contributed by atoms with Crippen LogP contribution >= 0.6 is 0 Å². The Morgan fingerprint density at radius 1 is 1.27 bits per heavy atom. The lowest BCUT2D eigenvalue weighted by Crippen LogP contribution is -2.18. The van der Waals surface area contributed by atoms with Gasteiger partial charge in [0.2, 0.25) is 0 Å². The summed E-state index contributed by atoms with van der Waals surface area (Å²) in [6.45, 7) is 5.69. The van der Waals surface area contributed by atoms with Crippen LogP contribution in [0.15, 0.2) is 48.7 Å². The van der Waals surface area contributed by atoms with Crippen LogP contribution in [0.2, 0.25) is 0 Å². The van der Waals surface area contributed by atoms with Crippen LogP contribution in [0, 0.1) is 12.7 Å². The number of nitrogens with one attached hydrogen (secondary N) is 1. The van der Waals surface area contributed by atoms with Crippen molar-refractivity contribution in [2.75, 3.05) is 6.61 Å². The predicted octanol–water partition coefficient (Wildman–Crippen LogP) is 4.11. The molecule has 1 aromatic heterocycles. The van der Waals surface area contributed by atoms with Gasteiger partial charge >= 0.3 is 0 Å². The summed E-state index contributed by atoms with van der Waals surface area (Å²) in [5.74, 6) is 0.750. The minimum absolute atomic E-state index is 0.141. The Morgan fingerprint density at radius 2 is 2.15 bits per heavy atom. The predicted molar refractivity (Wildman–Crippen MR) is 99.2 cm³/mol. The smallest absolute Gasteiger partial charge is 0.125 e. The van der Waals surface area contributed by atoms with Crippen molar-refractivity contribution in [2.24, 2.45) is 0 Å². The molecule has 1 N–H and O–H groups in total. The molecule has 1 aliphatic heterocycles. The lowest BCUT2D eigenvalue weighted by molar-refractivity contribution is 0.357. The Morgan fingerprint density at radius 3 is 3.00 bits per heavy atom. The molecule has 1 aliphatic rings. The standard InChI is InChI=1S/C21H22FN3O/c1-14(23-12-16-6-7-21-17(10-16)8-9-26-21)20-13-24-25(15(20)2)19-5-3-4-18(22)11-19/h3-7,10-11,13-14,23H,8-9,12H2,1-2H3. The van der Waals surface area contributed by atoms with E-state index in [9.17, 15) is 4.39 Å². The van der Waals surface area contributed by atoms with Crippen LogP contribution in [-0.2, 0) is 13.0 Å². The van der Waals surface area contributed by atoms with Gasteiger partial charge in [0.25, 0.3) is 0 Å². The van der Waals surface area contributed by atoms with Gasteiger partial charge in [-0.1, -0.05) is 18.2 Å². The number of nitrogens with zero attached hydrogens (tertiary/aromatic N) is 2. The number of aromatic nitrogens is 2. The first-order valence-corrected chi connectivity index (χ1v) is 8.90. The summed E-state index contributed by atoms with van der Waals surface area (Å²) in [4.78, 5) is 0. The van der Waals surface area contributed by atoms with Crippen LogP contribution in [0.1, 0.15) is 35.3 Å². The fraction of sp³-hybridized carbons (Fsp3) is 0.286. The average Bonchev–Trinajstić information content (AvgIpc) is 3.25. The lowest BCUT2D eigenvalue weighted by atomic mass is 10.1. The van der Waals surface area contributed by atoms with Gasteiger partial charge in [-0.3, -0.25) is 0 Å². The fourth-order valence-electron chi connectivity index (χ4n) is 3.45. The summed E-state index contributed by atoms with van der Waals surface area (Å²) in [5.41, 5.74) is 5.39. The molecule has 0 spiro atoms. The Balaban J connectivity index is 1.48. The second-order valence-electron chi connectivity index (χ2n) is 6.72. The van der Waals surface area contributed by atoms with Gasteiger partial charge in [-0.25, -0.2) is 9.07 Å². The van der Waals surface area contributed by atoms with Crippen molar-refractivity contribution >= 4 is 0 Å². The molecule has 4 nitrogen and oxygen atoms in total. The summed E-state index contributed by atoms with van der Waals surface area (Å²) in [7, 11) is 0. The molecule has 0 fully saturated rings. The van der Waals surface area contributed by atoms with Crippen LogP contribution in [0.4, 0.5) is 4.39 Å². The monoisotopic (exact) mass is 351 g/mol. The minimum Gasteiger partial charge on any atom is -0.493 e. The quantitative estimate of drug-likeness (QED) is 0.752. The zero-order valence-electron chi connectivity index (χ0n) is 15.0. The number of ether oxygens (including phenoxy) is 1. The number of rotatable bonds is 5. The van der Waals surface area contributed by atoms with E-state index in [4.69, 9.17) is 4.74 Å². The van der Waals surface area contributed by atoms with Crippen molar-refractivity contribution in [3.05, 3.63) is 76.9 Å². The van der Waals surface area contributed by atoms with Crippen molar-refractivity contribution in [2.45, 2.75) is 32.9 Å². The third-order valence-corrected chi connectivity index (χ3v) is 4.93. The molecule has 26 heavy (non-hydrogen) atoms. The molecule has 1 unspecified atom stereocenters. The molecule has 0 aliphatic carbocycles. The summed E-state index contributed by atoms with van der Waals surface area (Å²) in [6, 6.07) is 13.0. The lowest BCUT2D eigenvalue weighted by Gasteiger charge is -2.15. The van der Waals surface area contributed by atoms with Gasteiger partial charge in [0, 0.05) is 30.3 Å². The number of halogens is 1. The van der Waals surface area contributed by atoms with Crippen LogP contribution < -0.4 is 10.1 Å². The first kappa shape index (κ1) is 16.8. The van der Waals surface area contributed by atoms with Gasteiger partial charge in [-0.2, -0.15) is 5.10 Å². The highest BCUT2D eigenvalue weighted by molar-refractivity contribution is 5.40. The molecule has 0 amide bonds.